The van der Waals surface area contributed by atoms with E-state index in [0.29, 0.717) is 25.9 Å². The Morgan fingerprint density at radius 2 is 1.96 bits per heavy atom. The van der Waals surface area contributed by atoms with Crippen molar-refractivity contribution in [1.29, 1.82) is 0 Å². The highest BCUT2D eigenvalue weighted by atomic mass is 16.5. The monoisotopic (exact) mass is 376 g/mol. The average molecular weight is 376 g/mol. The first kappa shape index (κ1) is 20.7. The minimum absolute atomic E-state index is 0.0665. The van der Waals surface area contributed by atoms with Crippen molar-refractivity contribution in [3.63, 3.8) is 0 Å². The zero-order valence-corrected chi connectivity index (χ0v) is 16.3. The Bertz CT molecular complexity index is 659. The van der Waals surface area contributed by atoms with Gasteiger partial charge in [0.15, 0.2) is 0 Å². The van der Waals surface area contributed by atoms with E-state index in [1.54, 1.807) is 26.0 Å². The fourth-order valence-corrected chi connectivity index (χ4v) is 3.18. The number of carbonyl (C=O) groups is 3. The van der Waals surface area contributed by atoms with Gasteiger partial charge in [-0.3, -0.25) is 14.4 Å². The molecule has 0 saturated carbocycles. The molecule has 0 radical (unpaired) electrons. The van der Waals surface area contributed by atoms with Crippen LogP contribution < -0.4 is 4.74 Å². The van der Waals surface area contributed by atoms with Crippen LogP contribution in [0.1, 0.15) is 25.3 Å². The molecular weight excluding hydrogens is 348 g/mol. The fourth-order valence-electron chi connectivity index (χ4n) is 3.18. The predicted octanol–water partition coefficient (Wildman–Crippen LogP) is 1.50. The van der Waals surface area contributed by atoms with Crippen LogP contribution in [0.2, 0.25) is 0 Å². The van der Waals surface area contributed by atoms with E-state index in [1.807, 2.05) is 24.3 Å². The van der Waals surface area contributed by atoms with E-state index in [2.05, 4.69) is 0 Å². The number of hydrogen-bond donors (Lipinski definition) is 0. The van der Waals surface area contributed by atoms with Crippen LogP contribution in [0.5, 0.6) is 5.75 Å². The summed E-state index contributed by atoms with van der Waals surface area (Å²) in [7, 11) is 3.22. The van der Waals surface area contributed by atoms with E-state index in [0.717, 1.165) is 17.7 Å². The summed E-state index contributed by atoms with van der Waals surface area (Å²) in [6.07, 6.45) is 1.59. The molecule has 27 heavy (non-hydrogen) atoms. The number of rotatable bonds is 8. The number of benzene rings is 1. The Hall–Kier alpha value is -2.57. The zero-order chi connectivity index (χ0) is 19.8. The number of carbonyl (C=O) groups excluding carboxylic acids is 3. The van der Waals surface area contributed by atoms with Gasteiger partial charge in [0.05, 0.1) is 19.6 Å². The summed E-state index contributed by atoms with van der Waals surface area (Å²) >= 11 is 0. The highest BCUT2D eigenvalue weighted by Crippen LogP contribution is 2.20. The van der Waals surface area contributed by atoms with Gasteiger partial charge < -0.3 is 19.3 Å². The van der Waals surface area contributed by atoms with Crippen molar-refractivity contribution >= 4 is 17.8 Å². The van der Waals surface area contributed by atoms with E-state index < -0.39 is 5.97 Å². The largest absolute Gasteiger partial charge is 0.497 e. The molecule has 1 atom stereocenters. The number of amides is 2. The van der Waals surface area contributed by atoms with Gasteiger partial charge in [0.25, 0.3) is 0 Å². The first-order valence-electron chi connectivity index (χ1n) is 9.25. The quantitative estimate of drug-likeness (QED) is 0.643. The lowest BCUT2D eigenvalue weighted by Gasteiger charge is -2.33. The number of ether oxygens (including phenoxy) is 2. The molecule has 1 saturated heterocycles. The molecule has 2 rings (SSSR count). The predicted molar refractivity (Wildman–Crippen MR) is 100 cm³/mol. The lowest BCUT2D eigenvalue weighted by atomic mass is 9.95. The van der Waals surface area contributed by atoms with Crippen LogP contribution in [0.3, 0.4) is 0 Å². The van der Waals surface area contributed by atoms with Gasteiger partial charge in [-0.25, -0.2) is 0 Å². The maximum atomic E-state index is 12.6. The molecule has 1 aliphatic rings. The van der Waals surface area contributed by atoms with Gasteiger partial charge in [-0.05, 0) is 37.5 Å². The number of hydrogen-bond acceptors (Lipinski definition) is 5. The Balaban J connectivity index is 1.89. The lowest BCUT2D eigenvalue weighted by Crippen LogP contribution is -2.47. The Morgan fingerprint density at radius 1 is 1.26 bits per heavy atom. The first-order chi connectivity index (χ1) is 12.9. The normalized spacial score (nSPS) is 16.8. The molecule has 1 aliphatic heterocycles. The average Bonchev–Trinajstić information content (AvgIpc) is 2.67. The van der Waals surface area contributed by atoms with E-state index in [1.165, 1.54) is 4.90 Å². The zero-order valence-electron chi connectivity index (χ0n) is 16.3. The van der Waals surface area contributed by atoms with Crippen LogP contribution in [0.4, 0.5) is 0 Å². The summed E-state index contributed by atoms with van der Waals surface area (Å²) in [5.41, 5.74) is 1.11. The van der Waals surface area contributed by atoms with Gasteiger partial charge in [-0.1, -0.05) is 12.1 Å². The standard InChI is InChI=1S/C20H28N2O5/c1-4-27-19(24)14-21(2)20(25)16-7-10-18(23)22(13-16)12-11-15-5-8-17(26-3)9-6-15/h5-6,8-9,16H,4,7,10-14H2,1-3H3/t16-/m1/s1. The SMILES string of the molecule is CCOC(=O)CN(C)C(=O)[C@@H]1CCC(=O)N(CCc2ccc(OC)cc2)C1. The second-order valence-electron chi connectivity index (χ2n) is 6.67. The van der Waals surface area contributed by atoms with Gasteiger partial charge in [0, 0.05) is 26.6 Å². The number of methoxy groups -OCH3 is 1. The number of piperidine rings is 1. The van der Waals surface area contributed by atoms with Crippen molar-refractivity contribution in [2.45, 2.75) is 26.2 Å². The fraction of sp³-hybridized carbons (Fsp3) is 0.550. The third-order valence-corrected chi connectivity index (χ3v) is 4.73. The molecule has 0 bridgehead atoms. The third kappa shape index (κ3) is 5.98. The molecule has 1 aromatic rings. The molecule has 148 valence electrons. The summed E-state index contributed by atoms with van der Waals surface area (Å²) in [5.74, 6) is 0.0447. The minimum atomic E-state index is -0.420. The Labute approximate surface area is 160 Å². The molecule has 0 aliphatic carbocycles. The molecule has 2 amide bonds. The first-order valence-corrected chi connectivity index (χ1v) is 9.25. The molecule has 0 N–H and O–H groups in total. The maximum Gasteiger partial charge on any atom is 0.325 e. The van der Waals surface area contributed by atoms with Crippen molar-refractivity contribution in [2.75, 3.05) is 40.4 Å². The number of likely N-dealkylation sites (N-methyl/N-ethyl adjacent to an activating group) is 1. The Kier molecular flexibility index (Phi) is 7.64. The van der Waals surface area contributed by atoms with Crippen LogP contribution in [-0.2, 0) is 25.5 Å². The summed E-state index contributed by atoms with van der Waals surface area (Å²) in [6.45, 7) is 2.91. The van der Waals surface area contributed by atoms with Crippen molar-refractivity contribution in [1.82, 2.24) is 9.80 Å². The van der Waals surface area contributed by atoms with Crippen LogP contribution >= 0.6 is 0 Å². The van der Waals surface area contributed by atoms with Crippen molar-refractivity contribution in [3.05, 3.63) is 29.8 Å². The molecular formula is C20H28N2O5. The number of nitrogens with zero attached hydrogens (tertiary/aromatic N) is 2. The smallest absolute Gasteiger partial charge is 0.325 e. The molecule has 0 spiro atoms. The summed E-state index contributed by atoms with van der Waals surface area (Å²) < 4.78 is 10.0. The van der Waals surface area contributed by atoms with Gasteiger partial charge in [-0.15, -0.1) is 0 Å². The lowest BCUT2D eigenvalue weighted by molar-refractivity contribution is -0.151. The third-order valence-electron chi connectivity index (χ3n) is 4.73. The van der Waals surface area contributed by atoms with E-state index >= 15 is 0 Å². The minimum Gasteiger partial charge on any atom is -0.497 e. The Morgan fingerprint density at radius 3 is 2.59 bits per heavy atom. The van der Waals surface area contributed by atoms with E-state index in [9.17, 15) is 14.4 Å². The maximum absolute atomic E-state index is 12.6. The molecule has 0 unspecified atom stereocenters. The topological polar surface area (TPSA) is 76.2 Å². The van der Waals surface area contributed by atoms with Gasteiger partial charge >= 0.3 is 5.97 Å². The van der Waals surface area contributed by atoms with Crippen molar-refractivity contribution in [2.24, 2.45) is 5.92 Å². The second-order valence-corrected chi connectivity index (χ2v) is 6.67. The summed E-state index contributed by atoms with van der Waals surface area (Å²) in [5, 5.41) is 0. The van der Waals surface area contributed by atoms with Gasteiger partial charge in [0.2, 0.25) is 11.8 Å². The van der Waals surface area contributed by atoms with Crippen molar-refractivity contribution < 1.29 is 23.9 Å². The molecule has 7 nitrogen and oxygen atoms in total. The van der Waals surface area contributed by atoms with E-state index in [-0.39, 0.29) is 30.9 Å². The van der Waals surface area contributed by atoms with E-state index in [4.69, 9.17) is 9.47 Å². The highest BCUT2D eigenvalue weighted by molar-refractivity contribution is 5.86. The molecule has 1 aromatic carbocycles. The number of likely N-dealkylation sites (tertiary alicyclic amines) is 1. The van der Waals surface area contributed by atoms with Crippen molar-refractivity contribution in [3.8, 4) is 5.75 Å². The van der Waals surface area contributed by atoms with Gasteiger partial charge in [-0.2, -0.15) is 0 Å². The summed E-state index contributed by atoms with van der Waals surface area (Å²) in [4.78, 5) is 39.5. The van der Waals surface area contributed by atoms with Crippen LogP contribution in [-0.4, -0.2) is 68.0 Å². The highest BCUT2D eigenvalue weighted by Gasteiger charge is 2.32. The summed E-state index contributed by atoms with van der Waals surface area (Å²) in [6, 6.07) is 7.74. The van der Waals surface area contributed by atoms with Gasteiger partial charge in [0.1, 0.15) is 12.3 Å². The van der Waals surface area contributed by atoms with Crippen LogP contribution in [0.25, 0.3) is 0 Å². The molecule has 1 heterocycles. The molecule has 7 heteroatoms. The molecule has 1 fully saturated rings. The molecule has 0 aromatic heterocycles. The number of esters is 1. The van der Waals surface area contributed by atoms with Crippen LogP contribution in [0, 0.1) is 5.92 Å². The second kappa shape index (κ2) is 9.94. The van der Waals surface area contributed by atoms with Crippen LogP contribution in [0.15, 0.2) is 24.3 Å².